The second-order valence-corrected chi connectivity index (χ2v) is 32.4. The van der Waals surface area contributed by atoms with Crippen LogP contribution in [0.1, 0.15) is 143 Å². The molecule has 13 atom stereocenters. The van der Waals surface area contributed by atoms with E-state index in [9.17, 15) is 62.3 Å². The van der Waals surface area contributed by atoms with Gasteiger partial charge < -0.3 is 169 Å². The van der Waals surface area contributed by atoms with Gasteiger partial charge in [0.05, 0.1) is 19.1 Å². The van der Waals surface area contributed by atoms with Crippen molar-refractivity contribution in [2.24, 2.45) is 57.5 Å². The minimum absolute atomic E-state index is 0.00643. The number of carbonyl (C=O) groups excluding carboxylic acids is 15. The quantitative estimate of drug-likeness (QED) is 0.0116. The molecule has 55 nitrogen and oxygen atoms in total. The fourth-order valence-corrected chi connectivity index (χ4v) is 13.7. The van der Waals surface area contributed by atoms with Crippen LogP contribution >= 0.6 is 24.4 Å². The van der Waals surface area contributed by atoms with E-state index in [-0.39, 0.29) is 185 Å². The number of thioether (sulfide) groups is 1. The SMILES string of the molecule is CSC[C@H](NC(=O)CNC(=O)[C@H](CC(C)C)NC(=O)[C@@H]1CCCN1C)C(=O)N[C@@H](C)C(=O)NCC(=O)N[C@H](CCCNC(=N)N)C(=O)N[C@H](CCCNC(=N)N)C(=O)N[C@H](CCCNC(=N)N)C(=O)N[C@H](CCCNC(=N)N)C(=O)N[C@H](CCCNC(=N)N)C(=O)N[C@H](CCCNC(=N)N)C(=O)N[C@H](CCCNC(=N)N)C(=O)N[C@H](CCCNC(=N)N)C(=O)N[C@H](CS)C(N)=O. The van der Waals surface area contributed by atoms with Crippen LogP contribution in [0.2, 0.25) is 0 Å². The number of thiol groups is 1. The lowest BCUT2D eigenvalue weighted by Gasteiger charge is -2.28. The summed E-state index contributed by atoms with van der Waals surface area (Å²) < 4.78 is 0. The molecule has 1 heterocycles. The largest absolute Gasteiger partial charge is 0.370 e. The van der Waals surface area contributed by atoms with Gasteiger partial charge in [-0.15, -0.1) is 0 Å². The zero-order chi connectivity index (χ0) is 98.8. The average molecular weight is 1900 g/mol. The lowest BCUT2D eigenvalue weighted by Crippen LogP contribution is -2.60. The number of nitrogens with zero attached hydrogens (tertiary/aromatic N) is 1. The first-order valence-electron chi connectivity index (χ1n) is 42.7. The maximum Gasteiger partial charge on any atom is 0.244 e. The van der Waals surface area contributed by atoms with Crippen LogP contribution in [-0.2, 0) is 71.9 Å². The highest BCUT2D eigenvalue weighted by atomic mass is 32.2. The smallest absolute Gasteiger partial charge is 0.244 e. The molecule has 15 amide bonds. The Kier molecular flexibility index (Phi) is 57.1. The first-order chi connectivity index (χ1) is 61.8. The van der Waals surface area contributed by atoms with Gasteiger partial charge in [-0.3, -0.25) is 120 Å². The number of guanidine groups is 8. The summed E-state index contributed by atoms with van der Waals surface area (Å²) in [5, 5.41) is 118. The van der Waals surface area contributed by atoms with Crippen molar-refractivity contribution in [3.8, 4) is 0 Å². The highest BCUT2D eigenvalue weighted by molar-refractivity contribution is 7.98. The zero-order valence-corrected chi connectivity index (χ0v) is 76.5. The minimum Gasteiger partial charge on any atom is -0.370 e. The van der Waals surface area contributed by atoms with Crippen molar-refractivity contribution in [2.45, 2.75) is 221 Å². The van der Waals surface area contributed by atoms with E-state index in [0.29, 0.717) is 6.42 Å². The zero-order valence-electron chi connectivity index (χ0n) is 74.8. The molecule has 0 spiro atoms. The predicted octanol–water partition coefficient (Wildman–Crippen LogP) is -12.9. The van der Waals surface area contributed by atoms with Crippen LogP contribution in [0.25, 0.3) is 0 Å². The molecule has 0 bridgehead atoms. The Hall–Kier alpha value is -13.1. The fourth-order valence-electron chi connectivity index (χ4n) is 12.8. The van der Waals surface area contributed by atoms with Gasteiger partial charge in [-0.1, -0.05) is 13.8 Å². The summed E-state index contributed by atoms with van der Waals surface area (Å²) in [6.07, 6.45) is 1.44. The average Bonchev–Trinajstić information content (AvgIpc) is 1.62. The lowest BCUT2D eigenvalue weighted by atomic mass is 10.0. The summed E-state index contributed by atoms with van der Waals surface area (Å²) in [5.41, 5.74) is 49.9. The van der Waals surface area contributed by atoms with Gasteiger partial charge in [-0.2, -0.15) is 24.4 Å². The fraction of sp³-hybridized carbons (Fsp3) is 0.689. The van der Waals surface area contributed by atoms with E-state index in [1.165, 1.54) is 18.7 Å². The number of nitrogens with two attached hydrogens (primary N) is 9. The van der Waals surface area contributed by atoms with Crippen molar-refractivity contribution in [1.29, 1.82) is 43.3 Å². The van der Waals surface area contributed by atoms with Crippen LogP contribution in [0.4, 0.5) is 0 Å². The van der Waals surface area contributed by atoms with Crippen LogP contribution in [0.5, 0.6) is 0 Å². The van der Waals surface area contributed by atoms with Gasteiger partial charge in [0, 0.05) is 63.9 Å². The Morgan fingerprint density at radius 3 is 0.802 bits per heavy atom. The molecular formula is C74H142N40O15S2. The monoisotopic (exact) mass is 1900 g/mol. The molecule has 0 aromatic rings. The predicted molar refractivity (Wildman–Crippen MR) is 495 cm³/mol. The maximum atomic E-state index is 15.0. The van der Waals surface area contributed by atoms with E-state index in [0.717, 1.165) is 13.0 Å². The van der Waals surface area contributed by atoms with Crippen molar-refractivity contribution in [3.63, 3.8) is 0 Å². The second-order valence-electron chi connectivity index (χ2n) is 31.1. The summed E-state index contributed by atoms with van der Waals surface area (Å²) in [5.74, 6) is -17.2. The van der Waals surface area contributed by atoms with Gasteiger partial charge in [0.1, 0.15) is 72.5 Å². The molecular weight excluding hydrogens is 1750 g/mol. The molecule has 1 fully saturated rings. The van der Waals surface area contributed by atoms with Crippen LogP contribution < -0.4 is 169 Å². The lowest BCUT2D eigenvalue weighted by molar-refractivity contribution is -0.136. The van der Waals surface area contributed by atoms with E-state index in [1.807, 2.05) is 25.8 Å². The first-order valence-corrected chi connectivity index (χ1v) is 44.7. The summed E-state index contributed by atoms with van der Waals surface area (Å²) >= 11 is 5.26. The van der Waals surface area contributed by atoms with Gasteiger partial charge in [0.15, 0.2) is 47.7 Å². The maximum absolute atomic E-state index is 15.0. The Morgan fingerprint density at radius 1 is 0.328 bits per heavy atom. The highest BCUT2D eigenvalue weighted by Gasteiger charge is 2.38. The number of likely N-dealkylation sites (tertiary alicyclic amines) is 1. The molecule has 1 aliphatic rings. The molecule has 1 saturated heterocycles. The highest BCUT2D eigenvalue weighted by Crippen LogP contribution is 2.17. The normalized spacial score (nSPS) is 14.8. The summed E-state index contributed by atoms with van der Waals surface area (Å²) in [6.45, 7) is 4.07. The van der Waals surface area contributed by atoms with Crippen molar-refractivity contribution < 1.29 is 71.9 Å². The number of amides is 15. The van der Waals surface area contributed by atoms with Crippen molar-refractivity contribution >= 4 is 161 Å². The number of primary amides is 1. The third-order valence-corrected chi connectivity index (χ3v) is 20.6. The number of hydrogen-bond donors (Lipinski definition) is 40. The first kappa shape index (κ1) is 116. The van der Waals surface area contributed by atoms with E-state index in [1.54, 1.807) is 6.26 Å². The topological polar surface area (TPSA) is 949 Å². The third-order valence-electron chi connectivity index (χ3n) is 19.6. The number of carbonyl (C=O) groups is 15. The summed E-state index contributed by atoms with van der Waals surface area (Å²) in [6, 6.07) is -17.9. The molecule has 1 rings (SSSR count). The number of rotatable bonds is 66. The molecule has 0 aliphatic carbocycles. The van der Waals surface area contributed by atoms with E-state index < -0.39 is 222 Å². The Bertz CT molecular complexity index is 3850. The summed E-state index contributed by atoms with van der Waals surface area (Å²) in [7, 11) is 1.81. The van der Waals surface area contributed by atoms with E-state index in [4.69, 9.17) is 94.9 Å². The molecule has 0 radical (unpaired) electrons. The van der Waals surface area contributed by atoms with Crippen LogP contribution in [-0.4, -0.2) is 317 Å². The molecule has 740 valence electrons. The van der Waals surface area contributed by atoms with Gasteiger partial charge in [-0.25, -0.2) is 0 Å². The Morgan fingerprint density at radius 2 is 0.573 bits per heavy atom. The molecule has 1 aliphatic heterocycles. The van der Waals surface area contributed by atoms with Crippen molar-refractivity contribution in [3.05, 3.63) is 0 Å². The number of likely N-dealkylation sites (N-methyl/N-ethyl adjacent to an activating group) is 1. The molecule has 131 heavy (non-hydrogen) atoms. The van der Waals surface area contributed by atoms with Crippen LogP contribution in [0.15, 0.2) is 0 Å². The standard InChI is InChI=1S/C74H142N40O15S2/c1-38(2)33-48(112-66(129)51-23-14-32-114(51)4)56(119)101-35-53(116)104-50(37-131-5)65(128)102-39(3)55(118)100-34-52(115)103-40(15-6-24-92-67(76)77)57(120)105-41(16-7-25-93-68(78)79)58(121)106-42(17-8-26-94-69(80)81)59(122)107-43(18-9-27-95-70(82)83)60(123)108-44(19-10-28-96-71(84)85)61(124)109-45(20-11-29-97-72(86)87)62(125)110-46(21-12-30-98-73(88)89)63(126)111-47(22-13-31-99-74(90)91)64(127)113-49(36-130)54(75)117/h38-51,130H,6-37H2,1-5H3,(H2,75,117)(H,100,118)(H,101,119)(H,102,128)(H,103,115)(H,104,116)(H,105,120)(H,106,121)(H,107,122)(H,108,123)(H,109,124)(H,110,125)(H,111,126)(H,112,129)(H,113,127)(H4,76,77,92)(H4,78,79,93)(H4,80,81,94)(H4,82,83,95)(H4,84,85,96)(H4,86,87,97)(H4,88,89,98)(H4,90,91,99)/t39-,40+,41+,42+,43+,44+,45+,46+,47+,48-,49+,50-,51-/m0/s1. The molecule has 57 heteroatoms. The van der Waals surface area contributed by atoms with E-state index in [2.05, 4.69) is 130 Å². The number of hydrogen-bond acceptors (Lipinski definition) is 26. The van der Waals surface area contributed by atoms with E-state index >= 15 is 9.59 Å². The van der Waals surface area contributed by atoms with Crippen molar-refractivity contribution in [2.75, 3.05) is 96.8 Å². The van der Waals surface area contributed by atoms with Gasteiger partial charge in [-0.05, 0) is 155 Å². The molecule has 0 saturated carbocycles. The molecule has 0 aromatic carbocycles. The molecule has 0 unspecified atom stereocenters. The Labute approximate surface area is 769 Å². The molecule has 0 aromatic heterocycles. The molecule has 48 N–H and O–H groups in total. The minimum atomic E-state index is -1.66. The van der Waals surface area contributed by atoms with Gasteiger partial charge >= 0.3 is 0 Å². The van der Waals surface area contributed by atoms with Crippen molar-refractivity contribution in [1.82, 2.24) is 122 Å². The van der Waals surface area contributed by atoms with Gasteiger partial charge in [0.25, 0.3) is 0 Å². The summed E-state index contributed by atoms with van der Waals surface area (Å²) in [4.78, 5) is 212. The second kappa shape index (κ2) is 64.6. The van der Waals surface area contributed by atoms with Crippen LogP contribution in [0, 0.1) is 49.2 Å². The van der Waals surface area contributed by atoms with Gasteiger partial charge in [0.2, 0.25) is 88.6 Å². The van der Waals surface area contributed by atoms with Crippen LogP contribution in [0.3, 0.4) is 0 Å². The Balaban J connectivity index is 3.90. The third kappa shape index (κ3) is 52.2. The number of nitrogens with one attached hydrogen (secondary N) is 30.